The molecule has 2 nitrogen and oxygen atoms in total. The van der Waals surface area contributed by atoms with Gasteiger partial charge in [0.2, 0.25) is 0 Å². The standard InChI is InChI=1S/C15H21ClFNO/c1-19-14-8-4-6-12(15(14)17)10-18-9-11-5-2-3-7-13(11)16/h4,6,8,11,13,18H,2-3,5,7,9-10H2,1H3. The van der Waals surface area contributed by atoms with Crippen LogP contribution in [0.1, 0.15) is 31.2 Å². The van der Waals surface area contributed by atoms with Crippen LogP contribution in [0.3, 0.4) is 0 Å². The van der Waals surface area contributed by atoms with E-state index in [1.807, 2.05) is 6.07 Å². The van der Waals surface area contributed by atoms with E-state index in [9.17, 15) is 4.39 Å². The van der Waals surface area contributed by atoms with Gasteiger partial charge in [0, 0.05) is 17.5 Å². The van der Waals surface area contributed by atoms with Crippen molar-refractivity contribution < 1.29 is 9.13 Å². The van der Waals surface area contributed by atoms with E-state index < -0.39 is 0 Å². The summed E-state index contributed by atoms with van der Waals surface area (Å²) in [4.78, 5) is 0. The molecule has 4 heteroatoms. The molecule has 19 heavy (non-hydrogen) atoms. The molecule has 1 fully saturated rings. The van der Waals surface area contributed by atoms with Gasteiger partial charge >= 0.3 is 0 Å². The Bertz CT molecular complexity index is 413. The van der Waals surface area contributed by atoms with Crippen LogP contribution in [0.4, 0.5) is 4.39 Å². The average molecular weight is 286 g/mol. The summed E-state index contributed by atoms with van der Waals surface area (Å²) in [5.74, 6) is 0.528. The highest BCUT2D eigenvalue weighted by Gasteiger charge is 2.22. The molecular formula is C15H21ClFNO. The van der Waals surface area contributed by atoms with Crippen LogP contribution in [0.5, 0.6) is 5.75 Å². The van der Waals surface area contributed by atoms with E-state index in [2.05, 4.69) is 5.32 Å². The van der Waals surface area contributed by atoms with Crippen LogP contribution in [0.15, 0.2) is 18.2 Å². The molecule has 1 N–H and O–H groups in total. The van der Waals surface area contributed by atoms with Gasteiger partial charge in [-0.1, -0.05) is 25.0 Å². The van der Waals surface area contributed by atoms with Gasteiger partial charge in [0.15, 0.2) is 11.6 Å². The highest BCUT2D eigenvalue weighted by atomic mass is 35.5. The summed E-state index contributed by atoms with van der Waals surface area (Å²) < 4.78 is 18.9. The Kier molecular flexibility index (Phi) is 5.46. The minimum atomic E-state index is -0.274. The lowest BCUT2D eigenvalue weighted by Gasteiger charge is -2.27. The molecule has 1 aromatic rings. The van der Waals surface area contributed by atoms with Crippen molar-refractivity contribution in [2.75, 3.05) is 13.7 Å². The monoisotopic (exact) mass is 285 g/mol. The summed E-state index contributed by atoms with van der Waals surface area (Å²) >= 11 is 6.31. The van der Waals surface area contributed by atoms with Crippen molar-refractivity contribution >= 4 is 11.6 Å². The Labute approximate surface area is 119 Å². The second-order valence-electron chi connectivity index (χ2n) is 5.12. The van der Waals surface area contributed by atoms with Crippen molar-refractivity contribution in [1.82, 2.24) is 5.32 Å². The smallest absolute Gasteiger partial charge is 0.169 e. The molecule has 1 aliphatic carbocycles. The van der Waals surface area contributed by atoms with Crippen LogP contribution < -0.4 is 10.1 Å². The zero-order valence-electron chi connectivity index (χ0n) is 11.3. The van der Waals surface area contributed by atoms with E-state index in [1.54, 1.807) is 12.1 Å². The van der Waals surface area contributed by atoms with Gasteiger partial charge in [-0.15, -0.1) is 11.6 Å². The normalized spacial score (nSPS) is 23.3. The predicted octanol–water partition coefficient (Wildman–Crippen LogP) is 3.72. The van der Waals surface area contributed by atoms with E-state index in [0.29, 0.717) is 23.8 Å². The summed E-state index contributed by atoms with van der Waals surface area (Å²) in [5.41, 5.74) is 0.640. The number of ether oxygens (including phenoxy) is 1. The van der Waals surface area contributed by atoms with Crippen molar-refractivity contribution in [1.29, 1.82) is 0 Å². The van der Waals surface area contributed by atoms with Crippen molar-refractivity contribution in [3.63, 3.8) is 0 Å². The van der Waals surface area contributed by atoms with Gasteiger partial charge in [-0.05, 0) is 31.4 Å². The van der Waals surface area contributed by atoms with Gasteiger partial charge in [0.25, 0.3) is 0 Å². The maximum atomic E-state index is 13.9. The van der Waals surface area contributed by atoms with Gasteiger partial charge in [-0.3, -0.25) is 0 Å². The first kappa shape index (κ1) is 14.6. The van der Waals surface area contributed by atoms with E-state index >= 15 is 0 Å². The number of methoxy groups -OCH3 is 1. The van der Waals surface area contributed by atoms with Crippen molar-refractivity contribution in [2.45, 2.75) is 37.6 Å². The summed E-state index contributed by atoms with van der Waals surface area (Å²) in [5, 5.41) is 3.57. The molecule has 2 rings (SSSR count). The Balaban J connectivity index is 1.85. The van der Waals surface area contributed by atoms with Crippen LogP contribution in [-0.2, 0) is 6.54 Å². The first-order chi connectivity index (χ1) is 9.22. The fourth-order valence-electron chi connectivity index (χ4n) is 2.63. The van der Waals surface area contributed by atoms with Gasteiger partial charge in [0.1, 0.15) is 0 Å². The lowest BCUT2D eigenvalue weighted by Crippen LogP contribution is -2.31. The maximum absolute atomic E-state index is 13.9. The molecular weight excluding hydrogens is 265 g/mol. The third-order valence-corrected chi connectivity index (χ3v) is 4.38. The zero-order valence-corrected chi connectivity index (χ0v) is 12.0. The zero-order chi connectivity index (χ0) is 13.7. The van der Waals surface area contributed by atoms with Crippen LogP contribution >= 0.6 is 11.6 Å². The molecule has 2 unspecified atom stereocenters. The summed E-state index contributed by atoms with van der Waals surface area (Å²) in [7, 11) is 1.48. The molecule has 0 heterocycles. The lowest BCUT2D eigenvalue weighted by molar-refractivity contribution is 0.346. The number of nitrogens with one attached hydrogen (secondary N) is 1. The minimum Gasteiger partial charge on any atom is -0.494 e. The Morgan fingerprint density at radius 3 is 2.89 bits per heavy atom. The first-order valence-electron chi connectivity index (χ1n) is 6.88. The van der Waals surface area contributed by atoms with E-state index in [-0.39, 0.29) is 11.2 Å². The highest BCUT2D eigenvalue weighted by molar-refractivity contribution is 6.20. The predicted molar refractivity (Wildman–Crippen MR) is 76.3 cm³/mol. The molecule has 1 aromatic carbocycles. The van der Waals surface area contributed by atoms with Gasteiger partial charge < -0.3 is 10.1 Å². The van der Waals surface area contributed by atoms with Crippen LogP contribution in [0.2, 0.25) is 0 Å². The molecule has 1 saturated carbocycles. The molecule has 1 aliphatic rings. The summed E-state index contributed by atoms with van der Waals surface area (Å²) in [6, 6.07) is 5.22. The highest BCUT2D eigenvalue weighted by Crippen LogP contribution is 2.28. The van der Waals surface area contributed by atoms with E-state index in [1.165, 1.54) is 26.4 Å². The molecule has 0 spiro atoms. The van der Waals surface area contributed by atoms with Crippen LogP contribution in [0, 0.1) is 11.7 Å². The largest absolute Gasteiger partial charge is 0.494 e. The number of benzene rings is 1. The minimum absolute atomic E-state index is 0.261. The molecule has 0 saturated heterocycles. The van der Waals surface area contributed by atoms with E-state index in [4.69, 9.17) is 16.3 Å². The number of hydrogen-bond acceptors (Lipinski definition) is 2. The van der Waals surface area contributed by atoms with Crippen molar-refractivity contribution in [2.24, 2.45) is 5.92 Å². The van der Waals surface area contributed by atoms with Crippen LogP contribution in [0.25, 0.3) is 0 Å². The number of halogens is 2. The molecule has 2 atom stereocenters. The second-order valence-corrected chi connectivity index (χ2v) is 5.69. The molecule has 106 valence electrons. The number of alkyl halides is 1. The van der Waals surface area contributed by atoms with Crippen molar-refractivity contribution in [3.8, 4) is 5.75 Å². The van der Waals surface area contributed by atoms with Gasteiger partial charge in [-0.25, -0.2) is 4.39 Å². The van der Waals surface area contributed by atoms with Gasteiger partial charge in [-0.2, -0.15) is 0 Å². The first-order valence-corrected chi connectivity index (χ1v) is 7.32. The fraction of sp³-hybridized carbons (Fsp3) is 0.600. The van der Waals surface area contributed by atoms with Crippen LogP contribution in [-0.4, -0.2) is 19.0 Å². The lowest BCUT2D eigenvalue weighted by atomic mass is 9.89. The second kappa shape index (κ2) is 7.11. The quantitative estimate of drug-likeness (QED) is 0.833. The Hall–Kier alpha value is -0.800. The maximum Gasteiger partial charge on any atom is 0.169 e. The third kappa shape index (κ3) is 3.83. The average Bonchev–Trinajstić information content (AvgIpc) is 2.43. The van der Waals surface area contributed by atoms with E-state index in [0.717, 1.165) is 13.0 Å². The Morgan fingerprint density at radius 2 is 2.16 bits per heavy atom. The fourth-order valence-corrected chi connectivity index (χ4v) is 3.00. The molecule has 0 aromatic heterocycles. The topological polar surface area (TPSA) is 21.3 Å². The SMILES string of the molecule is COc1cccc(CNCC2CCCCC2Cl)c1F. The number of hydrogen-bond donors (Lipinski definition) is 1. The third-order valence-electron chi connectivity index (χ3n) is 3.80. The molecule has 0 aliphatic heterocycles. The number of rotatable bonds is 5. The Morgan fingerprint density at radius 1 is 1.37 bits per heavy atom. The molecule has 0 bridgehead atoms. The molecule has 0 radical (unpaired) electrons. The summed E-state index contributed by atoms with van der Waals surface area (Å²) in [6.07, 6.45) is 4.75. The summed E-state index contributed by atoms with van der Waals surface area (Å²) in [6.45, 7) is 1.37. The van der Waals surface area contributed by atoms with Gasteiger partial charge in [0.05, 0.1) is 7.11 Å². The van der Waals surface area contributed by atoms with Crippen molar-refractivity contribution in [3.05, 3.63) is 29.6 Å². The molecule has 0 amide bonds.